The quantitative estimate of drug-likeness (QED) is 0.423. The molecule has 2 N–H and O–H groups in total. The highest BCUT2D eigenvalue weighted by Crippen LogP contribution is 2.24. The minimum absolute atomic E-state index is 0.0392. The maximum Gasteiger partial charge on any atom is 0.410 e. The van der Waals surface area contributed by atoms with Crippen LogP contribution in [0.4, 0.5) is 10.5 Å². The lowest BCUT2D eigenvalue weighted by Gasteiger charge is -2.27. The van der Waals surface area contributed by atoms with Gasteiger partial charge in [-0.3, -0.25) is 9.59 Å². The van der Waals surface area contributed by atoms with Gasteiger partial charge in [-0.2, -0.15) is 5.26 Å². The van der Waals surface area contributed by atoms with E-state index in [1.165, 1.54) is 27.6 Å². The molecule has 2 atom stereocenters. The number of carbonyl (C=O) groups is 3. The van der Waals surface area contributed by atoms with Gasteiger partial charge < -0.3 is 25.0 Å². The summed E-state index contributed by atoms with van der Waals surface area (Å²) in [6.45, 7) is 6.11. The largest absolute Gasteiger partial charge is 0.444 e. The molecule has 13 heteroatoms. The number of hydrogen-bond acceptors (Lipinski definition) is 10. The molecule has 210 valence electrons. The molecule has 40 heavy (non-hydrogen) atoms. The van der Waals surface area contributed by atoms with E-state index >= 15 is 0 Å². The highest BCUT2D eigenvalue weighted by atomic mass is 32.1. The van der Waals surface area contributed by atoms with Crippen LogP contribution in [0.2, 0.25) is 0 Å². The van der Waals surface area contributed by atoms with E-state index < -0.39 is 29.7 Å². The predicted octanol–water partition coefficient (Wildman–Crippen LogP) is 4.10. The number of benzene rings is 1. The van der Waals surface area contributed by atoms with Crippen LogP contribution in [-0.4, -0.2) is 70.2 Å². The van der Waals surface area contributed by atoms with Crippen molar-refractivity contribution in [2.24, 2.45) is 0 Å². The van der Waals surface area contributed by atoms with E-state index in [2.05, 4.69) is 26.7 Å². The maximum atomic E-state index is 12.9. The van der Waals surface area contributed by atoms with Gasteiger partial charge in [0.05, 0.1) is 18.1 Å². The molecular weight excluding hydrogens is 552 g/mol. The standard InChI is InChI=1S/C27H30N6O5S2/c1-27(2,3)38-26(36)33-9-4-10-37-22(13-33)24(35)31-19(12-28)11-17-5-7-18(8-6-17)30-23(34)20-15-40-25(32-20)21-14-39-16-29-21/h5-8,14-16,19,22H,4,9-11,13H2,1-3H3,(H,30,34)(H,31,35)/t19-,22-/m0/s1. The molecule has 0 aliphatic carbocycles. The lowest BCUT2D eigenvalue weighted by molar-refractivity contribution is -0.133. The van der Waals surface area contributed by atoms with Crippen molar-refractivity contribution in [1.29, 1.82) is 5.26 Å². The fourth-order valence-electron chi connectivity index (χ4n) is 3.84. The number of hydrogen-bond donors (Lipinski definition) is 2. The molecule has 1 aromatic carbocycles. The lowest BCUT2D eigenvalue weighted by atomic mass is 10.1. The first-order valence-electron chi connectivity index (χ1n) is 12.6. The second kappa shape index (κ2) is 13.0. The second-order valence-electron chi connectivity index (χ2n) is 10.1. The Kier molecular flexibility index (Phi) is 9.46. The van der Waals surface area contributed by atoms with E-state index in [1.54, 1.807) is 55.9 Å². The zero-order chi connectivity index (χ0) is 28.7. The van der Waals surface area contributed by atoms with E-state index in [0.717, 1.165) is 11.3 Å². The monoisotopic (exact) mass is 582 g/mol. The van der Waals surface area contributed by atoms with Crippen LogP contribution in [-0.2, 0) is 20.7 Å². The molecule has 1 aliphatic heterocycles. The number of rotatable bonds is 7. The molecule has 1 aliphatic rings. The summed E-state index contributed by atoms with van der Waals surface area (Å²) in [5.74, 6) is -0.803. The third kappa shape index (κ3) is 8.08. The SMILES string of the molecule is CC(C)(C)OC(=O)N1CCCO[C@H](C(=O)N[C@H](C#N)Cc2ccc(NC(=O)c3csc(-c4cscn4)n3)cc2)C1. The van der Waals surface area contributed by atoms with Gasteiger partial charge in [0.2, 0.25) is 0 Å². The van der Waals surface area contributed by atoms with Crippen LogP contribution in [0.5, 0.6) is 0 Å². The number of aromatic nitrogens is 2. The summed E-state index contributed by atoms with van der Waals surface area (Å²) in [5, 5.41) is 19.4. The Morgan fingerprint density at radius 2 is 2.02 bits per heavy atom. The number of amides is 3. The normalized spacial score (nSPS) is 16.4. The molecule has 3 heterocycles. The molecule has 1 fully saturated rings. The molecule has 0 unspecified atom stereocenters. The number of nitrogens with one attached hydrogen (secondary N) is 2. The zero-order valence-corrected chi connectivity index (χ0v) is 24.0. The van der Waals surface area contributed by atoms with Crippen LogP contribution in [0.3, 0.4) is 0 Å². The fraction of sp³-hybridized carbons (Fsp3) is 0.407. The Morgan fingerprint density at radius 3 is 2.70 bits per heavy atom. The molecule has 11 nitrogen and oxygen atoms in total. The molecule has 0 saturated carbocycles. The molecule has 0 spiro atoms. The van der Waals surface area contributed by atoms with Crippen molar-refractivity contribution in [1.82, 2.24) is 20.2 Å². The molecule has 1 saturated heterocycles. The first kappa shape index (κ1) is 29.1. The van der Waals surface area contributed by atoms with Crippen molar-refractivity contribution in [3.8, 4) is 16.8 Å². The third-order valence-corrected chi connectivity index (χ3v) is 7.19. The topological polar surface area (TPSA) is 147 Å². The van der Waals surface area contributed by atoms with E-state index in [-0.39, 0.29) is 18.9 Å². The number of ether oxygens (including phenoxy) is 2. The van der Waals surface area contributed by atoms with Gasteiger partial charge in [-0.15, -0.1) is 22.7 Å². The van der Waals surface area contributed by atoms with Gasteiger partial charge in [0, 0.05) is 36.0 Å². The molecule has 4 rings (SSSR count). The first-order chi connectivity index (χ1) is 19.1. The van der Waals surface area contributed by atoms with Crippen molar-refractivity contribution in [3.63, 3.8) is 0 Å². The minimum Gasteiger partial charge on any atom is -0.444 e. The van der Waals surface area contributed by atoms with Crippen LogP contribution in [0.15, 0.2) is 40.5 Å². The highest BCUT2D eigenvalue weighted by molar-refractivity contribution is 7.14. The van der Waals surface area contributed by atoms with Gasteiger partial charge in [-0.1, -0.05) is 12.1 Å². The number of nitriles is 1. The molecular formula is C27H30N6O5S2. The Morgan fingerprint density at radius 1 is 1.25 bits per heavy atom. The Hall–Kier alpha value is -3.86. The van der Waals surface area contributed by atoms with Crippen molar-refractivity contribution in [2.45, 2.75) is 51.4 Å². The van der Waals surface area contributed by atoms with Crippen LogP contribution >= 0.6 is 22.7 Å². The van der Waals surface area contributed by atoms with E-state index in [0.29, 0.717) is 36.0 Å². The number of thiazole rings is 2. The zero-order valence-electron chi connectivity index (χ0n) is 22.4. The van der Waals surface area contributed by atoms with Crippen LogP contribution < -0.4 is 10.6 Å². The average Bonchev–Trinajstić information content (AvgIpc) is 3.56. The fourth-order valence-corrected chi connectivity index (χ4v) is 5.22. The Bertz CT molecular complexity index is 1360. The highest BCUT2D eigenvalue weighted by Gasteiger charge is 2.31. The maximum absolute atomic E-state index is 12.9. The van der Waals surface area contributed by atoms with Gasteiger partial charge in [0.15, 0.2) is 6.10 Å². The molecule has 3 aromatic rings. The summed E-state index contributed by atoms with van der Waals surface area (Å²) in [4.78, 5) is 48.1. The molecule has 0 bridgehead atoms. The van der Waals surface area contributed by atoms with E-state index in [9.17, 15) is 19.6 Å². The van der Waals surface area contributed by atoms with Crippen LogP contribution in [0.1, 0.15) is 43.2 Å². The van der Waals surface area contributed by atoms with Crippen molar-refractivity contribution >= 4 is 46.3 Å². The summed E-state index contributed by atoms with van der Waals surface area (Å²) in [6, 6.07) is 8.31. The Balaban J connectivity index is 1.30. The van der Waals surface area contributed by atoms with Crippen LogP contribution in [0.25, 0.3) is 10.7 Å². The van der Waals surface area contributed by atoms with Crippen molar-refractivity contribution < 1.29 is 23.9 Å². The smallest absolute Gasteiger partial charge is 0.410 e. The van der Waals surface area contributed by atoms with E-state index in [4.69, 9.17) is 9.47 Å². The van der Waals surface area contributed by atoms with Gasteiger partial charge >= 0.3 is 6.09 Å². The van der Waals surface area contributed by atoms with Crippen molar-refractivity contribution in [3.05, 3.63) is 51.8 Å². The van der Waals surface area contributed by atoms with Crippen molar-refractivity contribution in [2.75, 3.05) is 25.0 Å². The first-order valence-corrected chi connectivity index (χ1v) is 14.5. The molecule has 2 aromatic heterocycles. The van der Waals surface area contributed by atoms with Crippen LogP contribution in [0, 0.1) is 11.3 Å². The summed E-state index contributed by atoms with van der Waals surface area (Å²) in [7, 11) is 0. The van der Waals surface area contributed by atoms with Gasteiger partial charge in [0.1, 0.15) is 28.0 Å². The summed E-state index contributed by atoms with van der Waals surface area (Å²) >= 11 is 2.81. The predicted molar refractivity (Wildman–Crippen MR) is 151 cm³/mol. The van der Waals surface area contributed by atoms with E-state index in [1.807, 2.05) is 5.38 Å². The minimum atomic E-state index is -0.912. The summed E-state index contributed by atoms with van der Waals surface area (Å²) < 4.78 is 11.1. The van der Waals surface area contributed by atoms with Gasteiger partial charge in [-0.25, -0.2) is 14.8 Å². The average molecular weight is 583 g/mol. The summed E-state index contributed by atoms with van der Waals surface area (Å²) in [5.41, 5.74) is 3.47. The molecule has 3 amide bonds. The second-order valence-corrected chi connectivity index (χ2v) is 11.7. The number of anilines is 1. The number of carbonyl (C=O) groups excluding carboxylic acids is 3. The number of nitrogens with zero attached hydrogens (tertiary/aromatic N) is 4. The lowest BCUT2D eigenvalue weighted by Crippen LogP contribution is -2.48. The third-order valence-electron chi connectivity index (χ3n) is 5.73. The Labute approximate surface area is 240 Å². The summed E-state index contributed by atoms with van der Waals surface area (Å²) in [6.07, 6.45) is -0.592. The molecule has 0 radical (unpaired) electrons. The van der Waals surface area contributed by atoms with Gasteiger partial charge in [-0.05, 0) is 44.9 Å². The van der Waals surface area contributed by atoms with Gasteiger partial charge in [0.25, 0.3) is 11.8 Å².